The summed E-state index contributed by atoms with van der Waals surface area (Å²) in [6, 6.07) is 9.73. The Kier molecular flexibility index (Phi) is 4.26. The van der Waals surface area contributed by atoms with Crippen LogP contribution in [0.5, 0.6) is 0 Å². The van der Waals surface area contributed by atoms with Crippen molar-refractivity contribution in [2.24, 2.45) is 0 Å². The lowest BCUT2D eigenvalue weighted by molar-refractivity contribution is -0.107. The number of nitrogens with zero attached hydrogens (tertiary/aromatic N) is 4. The first-order valence-electron chi connectivity index (χ1n) is 5.32. The Bertz CT molecular complexity index is 471. The Morgan fingerprint density at radius 1 is 1.29 bits per heavy atom. The maximum absolute atomic E-state index is 10.2. The molecule has 1 aromatic heterocycles. The molecule has 5 nitrogen and oxygen atoms in total. The van der Waals surface area contributed by atoms with Crippen LogP contribution in [0.1, 0.15) is 12.8 Å². The van der Waals surface area contributed by atoms with Crippen molar-refractivity contribution in [3.8, 4) is 5.69 Å². The summed E-state index contributed by atoms with van der Waals surface area (Å²) < 4.78 is 1.70. The molecule has 0 saturated carbocycles. The normalized spacial score (nSPS) is 10.4. The first-order chi connectivity index (χ1) is 8.42. The number of hydrogen-bond donors (Lipinski definition) is 0. The first kappa shape index (κ1) is 11.8. The Morgan fingerprint density at radius 2 is 2.12 bits per heavy atom. The minimum Gasteiger partial charge on any atom is -0.303 e. The van der Waals surface area contributed by atoms with Crippen LogP contribution < -0.4 is 0 Å². The van der Waals surface area contributed by atoms with Crippen LogP contribution in [-0.4, -0.2) is 32.2 Å². The van der Waals surface area contributed by atoms with E-state index in [1.54, 1.807) is 16.4 Å². The van der Waals surface area contributed by atoms with Crippen LogP contribution in [0.15, 0.2) is 35.5 Å². The number of para-hydroxylation sites is 1. The van der Waals surface area contributed by atoms with Gasteiger partial charge in [0.1, 0.15) is 6.29 Å². The monoisotopic (exact) mass is 248 g/mol. The smallest absolute Gasteiger partial charge is 0.214 e. The van der Waals surface area contributed by atoms with Crippen LogP contribution in [0.25, 0.3) is 5.69 Å². The van der Waals surface area contributed by atoms with Crippen molar-refractivity contribution >= 4 is 18.0 Å². The molecule has 6 heteroatoms. The Labute approximate surface area is 103 Å². The number of carbonyl (C=O) groups is 1. The van der Waals surface area contributed by atoms with E-state index in [-0.39, 0.29) is 0 Å². The number of unbranched alkanes of at least 4 members (excludes halogenated alkanes) is 1. The number of hydrogen-bond acceptors (Lipinski definition) is 5. The molecular formula is C11H12N4OS. The van der Waals surface area contributed by atoms with E-state index < -0.39 is 0 Å². The molecule has 2 rings (SSSR count). The van der Waals surface area contributed by atoms with E-state index in [9.17, 15) is 4.79 Å². The highest BCUT2D eigenvalue weighted by Gasteiger charge is 2.07. The van der Waals surface area contributed by atoms with Crippen LogP contribution in [-0.2, 0) is 4.79 Å². The van der Waals surface area contributed by atoms with E-state index in [0.29, 0.717) is 6.42 Å². The van der Waals surface area contributed by atoms with Gasteiger partial charge in [0.05, 0.1) is 5.69 Å². The summed E-state index contributed by atoms with van der Waals surface area (Å²) in [6.45, 7) is 0. The molecule has 0 saturated heterocycles. The van der Waals surface area contributed by atoms with E-state index >= 15 is 0 Å². The summed E-state index contributed by atoms with van der Waals surface area (Å²) in [4.78, 5) is 10.2. The molecule has 0 fully saturated rings. The second-order valence-electron chi connectivity index (χ2n) is 3.37. The van der Waals surface area contributed by atoms with Gasteiger partial charge >= 0.3 is 0 Å². The summed E-state index contributed by atoms with van der Waals surface area (Å²) in [6.07, 6.45) is 2.36. The molecule has 2 aromatic rings. The molecule has 0 aliphatic rings. The Morgan fingerprint density at radius 3 is 2.88 bits per heavy atom. The summed E-state index contributed by atoms with van der Waals surface area (Å²) in [5.41, 5.74) is 0.940. The number of aldehydes is 1. The Hall–Kier alpha value is -1.69. The van der Waals surface area contributed by atoms with Gasteiger partial charge in [-0.3, -0.25) is 0 Å². The Balaban J connectivity index is 2.04. The molecule has 0 bridgehead atoms. The minimum atomic E-state index is 0.583. The average molecular weight is 248 g/mol. The maximum atomic E-state index is 10.2. The zero-order valence-electron chi connectivity index (χ0n) is 9.19. The van der Waals surface area contributed by atoms with Crippen molar-refractivity contribution in [3.63, 3.8) is 0 Å². The van der Waals surface area contributed by atoms with Crippen LogP contribution in [0.2, 0.25) is 0 Å². The number of rotatable bonds is 6. The molecule has 0 atom stereocenters. The van der Waals surface area contributed by atoms with Gasteiger partial charge in [-0.15, -0.1) is 5.10 Å². The lowest BCUT2D eigenvalue weighted by atomic mass is 10.3. The van der Waals surface area contributed by atoms with E-state index in [1.807, 2.05) is 30.3 Å². The van der Waals surface area contributed by atoms with Gasteiger partial charge in [-0.25, -0.2) is 0 Å². The molecule has 0 radical (unpaired) electrons. The third kappa shape index (κ3) is 3.13. The lowest BCUT2D eigenvalue weighted by Gasteiger charge is -2.02. The highest BCUT2D eigenvalue weighted by atomic mass is 32.2. The van der Waals surface area contributed by atoms with Gasteiger partial charge in [-0.2, -0.15) is 4.68 Å². The third-order valence-electron chi connectivity index (χ3n) is 2.14. The molecular weight excluding hydrogens is 236 g/mol. The van der Waals surface area contributed by atoms with Crippen LogP contribution in [0.3, 0.4) is 0 Å². The van der Waals surface area contributed by atoms with Crippen molar-refractivity contribution in [2.75, 3.05) is 5.75 Å². The predicted octanol–water partition coefficient (Wildman–Crippen LogP) is 1.73. The van der Waals surface area contributed by atoms with E-state index in [4.69, 9.17) is 0 Å². The fourth-order valence-electron chi connectivity index (χ4n) is 1.33. The number of aromatic nitrogens is 4. The zero-order valence-corrected chi connectivity index (χ0v) is 10.0. The van der Waals surface area contributed by atoms with Crippen molar-refractivity contribution < 1.29 is 4.79 Å². The van der Waals surface area contributed by atoms with Crippen molar-refractivity contribution in [2.45, 2.75) is 18.0 Å². The molecule has 17 heavy (non-hydrogen) atoms. The van der Waals surface area contributed by atoms with Crippen LogP contribution >= 0.6 is 11.8 Å². The van der Waals surface area contributed by atoms with Gasteiger partial charge in [0, 0.05) is 12.2 Å². The second kappa shape index (κ2) is 6.15. The van der Waals surface area contributed by atoms with Gasteiger partial charge < -0.3 is 4.79 Å². The second-order valence-corrected chi connectivity index (χ2v) is 4.43. The SMILES string of the molecule is O=CCCCSc1nnnn1-c1ccccc1. The standard InChI is InChI=1S/C11H12N4OS/c16-8-4-5-9-17-11-12-13-14-15(11)10-6-2-1-3-7-10/h1-3,6-8H,4-5,9H2. The van der Waals surface area contributed by atoms with Gasteiger partial charge in [0.15, 0.2) is 0 Å². The molecule has 0 aliphatic heterocycles. The van der Waals surface area contributed by atoms with Gasteiger partial charge in [0.25, 0.3) is 0 Å². The zero-order chi connectivity index (χ0) is 11.9. The van der Waals surface area contributed by atoms with E-state index in [1.165, 1.54) is 0 Å². The maximum Gasteiger partial charge on any atom is 0.214 e. The van der Waals surface area contributed by atoms with Crippen molar-refractivity contribution in [1.29, 1.82) is 0 Å². The minimum absolute atomic E-state index is 0.583. The third-order valence-corrected chi connectivity index (χ3v) is 3.14. The summed E-state index contributed by atoms with van der Waals surface area (Å²) in [7, 11) is 0. The molecule has 1 heterocycles. The number of carbonyl (C=O) groups excluding carboxylic acids is 1. The summed E-state index contributed by atoms with van der Waals surface area (Å²) in [5, 5.41) is 12.3. The molecule has 1 aromatic carbocycles. The predicted molar refractivity (Wildman–Crippen MR) is 65.2 cm³/mol. The average Bonchev–Trinajstić information content (AvgIpc) is 2.84. The van der Waals surface area contributed by atoms with Gasteiger partial charge in [-0.05, 0) is 29.0 Å². The number of thioether (sulfide) groups is 1. The number of benzene rings is 1. The van der Waals surface area contributed by atoms with E-state index in [0.717, 1.165) is 29.3 Å². The summed E-state index contributed by atoms with van der Waals surface area (Å²) >= 11 is 1.56. The van der Waals surface area contributed by atoms with Gasteiger partial charge in [-0.1, -0.05) is 30.0 Å². The topological polar surface area (TPSA) is 60.7 Å². The van der Waals surface area contributed by atoms with Crippen LogP contribution in [0.4, 0.5) is 0 Å². The van der Waals surface area contributed by atoms with Crippen molar-refractivity contribution in [3.05, 3.63) is 30.3 Å². The number of tetrazole rings is 1. The fraction of sp³-hybridized carbons (Fsp3) is 0.273. The molecule has 0 amide bonds. The molecule has 0 aliphatic carbocycles. The lowest BCUT2D eigenvalue weighted by Crippen LogP contribution is -1.98. The van der Waals surface area contributed by atoms with Crippen molar-refractivity contribution in [1.82, 2.24) is 20.2 Å². The quantitative estimate of drug-likeness (QED) is 0.442. The molecule has 0 N–H and O–H groups in total. The summed E-state index contributed by atoms with van der Waals surface area (Å²) in [5.74, 6) is 0.839. The largest absolute Gasteiger partial charge is 0.303 e. The molecule has 88 valence electrons. The first-order valence-corrected chi connectivity index (χ1v) is 6.30. The van der Waals surface area contributed by atoms with Crippen LogP contribution in [0, 0.1) is 0 Å². The fourth-order valence-corrected chi connectivity index (χ4v) is 2.18. The van der Waals surface area contributed by atoms with Gasteiger partial charge in [0.2, 0.25) is 5.16 Å². The highest BCUT2D eigenvalue weighted by molar-refractivity contribution is 7.99. The highest BCUT2D eigenvalue weighted by Crippen LogP contribution is 2.18. The van der Waals surface area contributed by atoms with E-state index in [2.05, 4.69) is 15.5 Å². The molecule has 0 unspecified atom stereocenters. The molecule has 0 spiro atoms.